The van der Waals surface area contributed by atoms with Crippen LogP contribution in [0.2, 0.25) is 0 Å². The molecular formula is C48H48ClNO3S. The van der Waals surface area contributed by atoms with Crippen LogP contribution in [0.15, 0.2) is 154 Å². The number of likely N-dealkylation sites (N-methyl/N-ethyl adjacent to an activating group) is 1. The predicted molar refractivity (Wildman–Crippen MR) is 228 cm³/mol. The number of allylic oxidation sites excluding steroid dienone is 10. The van der Waals surface area contributed by atoms with Crippen molar-refractivity contribution in [2.24, 2.45) is 0 Å². The third kappa shape index (κ3) is 6.68. The molecule has 1 aliphatic heterocycles. The Morgan fingerprint density at radius 1 is 0.722 bits per heavy atom. The smallest absolute Gasteiger partial charge is 0.294 e. The number of benzene rings is 5. The minimum atomic E-state index is -4.02. The minimum Gasteiger partial charge on any atom is -0.347 e. The molecule has 5 aromatic carbocycles. The van der Waals surface area contributed by atoms with Gasteiger partial charge in [-0.15, -0.1) is 0 Å². The van der Waals surface area contributed by atoms with Crippen molar-refractivity contribution in [2.45, 2.75) is 76.5 Å². The normalized spacial score (nSPS) is 19.2. The summed E-state index contributed by atoms with van der Waals surface area (Å²) in [6.07, 6.45) is 12.4. The van der Waals surface area contributed by atoms with E-state index in [0.29, 0.717) is 0 Å². The lowest BCUT2D eigenvalue weighted by atomic mass is 9.78. The Hall–Kier alpha value is -4.68. The zero-order valence-corrected chi connectivity index (χ0v) is 33.7. The number of anilines is 1. The molecule has 0 saturated carbocycles. The lowest BCUT2D eigenvalue weighted by Gasteiger charge is -2.25. The molecule has 8 rings (SSSR count). The quantitative estimate of drug-likeness (QED) is 0.186. The van der Waals surface area contributed by atoms with E-state index in [1.807, 2.05) is 6.92 Å². The van der Waals surface area contributed by atoms with E-state index in [4.69, 9.17) is 16.2 Å². The van der Waals surface area contributed by atoms with E-state index in [-0.39, 0.29) is 15.7 Å². The summed E-state index contributed by atoms with van der Waals surface area (Å²) in [5.74, 6) is 0. The summed E-state index contributed by atoms with van der Waals surface area (Å²) in [5, 5.41) is 6.21. The molecule has 6 heteroatoms. The predicted octanol–water partition coefficient (Wildman–Crippen LogP) is 12.8. The van der Waals surface area contributed by atoms with Gasteiger partial charge in [-0.1, -0.05) is 142 Å². The average molecular weight is 754 g/mol. The Balaban J connectivity index is 0.000000353. The molecule has 54 heavy (non-hydrogen) atoms. The van der Waals surface area contributed by atoms with E-state index in [9.17, 15) is 8.42 Å². The van der Waals surface area contributed by atoms with E-state index in [0.717, 1.165) is 29.9 Å². The number of fused-ring (bicyclic) bond motifs is 6. The van der Waals surface area contributed by atoms with Gasteiger partial charge in [-0.25, -0.2) is 0 Å². The van der Waals surface area contributed by atoms with Crippen molar-refractivity contribution in [3.8, 4) is 0 Å². The number of hydrogen-bond donors (Lipinski definition) is 1. The summed E-state index contributed by atoms with van der Waals surface area (Å²) >= 11 is 7.17. The highest BCUT2D eigenvalue weighted by Gasteiger charge is 2.40. The summed E-state index contributed by atoms with van der Waals surface area (Å²) in [7, 11) is -1.83. The van der Waals surface area contributed by atoms with Crippen molar-refractivity contribution in [3.05, 3.63) is 171 Å². The van der Waals surface area contributed by atoms with E-state index >= 15 is 0 Å². The number of halogens is 1. The molecule has 0 radical (unpaired) electrons. The maximum absolute atomic E-state index is 10.5. The van der Waals surface area contributed by atoms with Crippen molar-refractivity contribution < 1.29 is 13.0 Å². The first kappa shape index (κ1) is 37.6. The third-order valence-corrected chi connectivity index (χ3v) is 13.0. The zero-order chi connectivity index (χ0) is 38.6. The van der Waals surface area contributed by atoms with Gasteiger partial charge in [0.2, 0.25) is 0 Å². The first-order chi connectivity index (χ1) is 25.6. The molecule has 0 bridgehead atoms. The van der Waals surface area contributed by atoms with Gasteiger partial charge in [0.25, 0.3) is 10.1 Å². The van der Waals surface area contributed by atoms with E-state index in [1.165, 1.54) is 84.0 Å². The number of aryl methyl sites for hydroxylation is 1. The lowest BCUT2D eigenvalue weighted by Crippen LogP contribution is -2.22. The van der Waals surface area contributed by atoms with Crippen molar-refractivity contribution in [1.82, 2.24) is 0 Å². The minimum absolute atomic E-state index is 0.0666. The Morgan fingerprint density at radius 3 is 1.98 bits per heavy atom. The number of hydrogen-bond acceptors (Lipinski definition) is 3. The molecule has 0 amide bonds. The molecule has 3 aliphatic rings. The molecule has 0 saturated heterocycles. The molecule has 2 aliphatic carbocycles. The van der Waals surface area contributed by atoms with Crippen LogP contribution in [0.3, 0.4) is 0 Å². The van der Waals surface area contributed by atoms with Crippen LogP contribution in [-0.2, 0) is 20.9 Å². The fraction of sp³-hybridized carbons (Fsp3) is 0.250. The molecule has 4 nitrogen and oxygen atoms in total. The summed E-state index contributed by atoms with van der Waals surface area (Å²) in [5.41, 5.74) is 12.8. The van der Waals surface area contributed by atoms with Crippen molar-refractivity contribution in [1.29, 1.82) is 0 Å². The largest absolute Gasteiger partial charge is 0.347 e. The maximum Gasteiger partial charge on any atom is 0.294 e. The highest BCUT2D eigenvalue weighted by atomic mass is 35.5. The van der Waals surface area contributed by atoms with Crippen LogP contribution in [0, 0.1) is 6.92 Å². The van der Waals surface area contributed by atoms with E-state index in [2.05, 4.69) is 144 Å². The topological polar surface area (TPSA) is 57.6 Å². The van der Waals surface area contributed by atoms with Gasteiger partial charge in [-0.05, 0) is 118 Å². The number of rotatable bonds is 4. The van der Waals surface area contributed by atoms with Gasteiger partial charge in [-0.3, -0.25) is 4.55 Å². The van der Waals surface area contributed by atoms with Gasteiger partial charge in [-0.2, -0.15) is 8.42 Å². The molecule has 0 atom stereocenters. The Bertz CT molecular complexity index is 2580. The molecule has 0 unspecified atom stereocenters. The van der Waals surface area contributed by atoms with Crippen LogP contribution >= 0.6 is 11.6 Å². The SMILES string of the molecule is CC1=C(/C=C/C2=C(Cl)C(=C/C=C3/N(C)c4ccc5ccccc5c4C3(C)C)CCC2)C(C)(C)c2c1ccc1ccccc21.Cc1ccc(S(=O)(=O)O)cc1. The Labute approximate surface area is 325 Å². The van der Waals surface area contributed by atoms with Crippen LogP contribution in [0.4, 0.5) is 5.69 Å². The summed E-state index contributed by atoms with van der Waals surface area (Å²) in [4.78, 5) is 2.29. The van der Waals surface area contributed by atoms with Crippen LogP contribution in [-0.4, -0.2) is 20.0 Å². The molecule has 1 N–H and O–H groups in total. The zero-order valence-electron chi connectivity index (χ0n) is 32.2. The molecular weight excluding hydrogens is 706 g/mol. The maximum atomic E-state index is 10.5. The first-order valence-electron chi connectivity index (χ1n) is 18.6. The fourth-order valence-electron chi connectivity index (χ4n) is 8.81. The second-order valence-electron chi connectivity index (χ2n) is 15.8. The van der Waals surface area contributed by atoms with Gasteiger partial charge in [0.1, 0.15) is 0 Å². The van der Waals surface area contributed by atoms with Crippen LogP contribution in [0.5, 0.6) is 0 Å². The molecule has 1 heterocycles. The molecule has 0 aromatic heterocycles. The Morgan fingerprint density at radius 2 is 1.33 bits per heavy atom. The standard InChI is InChI=1S/C41H40ClN.C7H8O3S/c1-26-31-22-18-27-12-7-9-16-32(27)37(31)40(2,3)34(26)23-19-29-14-11-15-30(39(29)42)21-25-36-41(4,5)38-33-17-10-8-13-28(33)20-24-35(38)43(36)6;1-6-2-4-7(5-3-6)11(8,9)10/h7-10,12-13,16-25H,11,14-15H2,1-6H3;2-5H,1H3,(H,8,9,10)/b23-19+,30-21?,36-25+;. The van der Waals surface area contributed by atoms with Crippen molar-refractivity contribution in [3.63, 3.8) is 0 Å². The van der Waals surface area contributed by atoms with Crippen molar-refractivity contribution in [2.75, 3.05) is 11.9 Å². The van der Waals surface area contributed by atoms with Gasteiger partial charge >= 0.3 is 0 Å². The molecule has 0 spiro atoms. The second kappa shape index (κ2) is 14.2. The van der Waals surface area contributed by atoms with Crippen LogP contribution in [0.25, 0.3) is 27.1 Å². The molecule has 0 fully saturated rings. The van der Waals surface area contributed by atoms with Crippen molar-refractivity contribution >= 4 is 54.5 Å². The van der Waals surface area contributed by atoms with Gasteiger partial charge < -0.3 is 4.90 Å². The Kier molecular flexibility index (Phi) is 9.89. The van der Waals surface area contributed by atoms with Crippen LogP contribution < -0.4 is 4.90 Å². The molecule has 5 aromatic rings. The highest BCUT2D eigenvalue weighted by molar-refractivity contribution is 7.85. The lowest BCUT2D eigenvalue weighted by molar-refractivity contribution is 0.483. The van der Waals surface area contributed by atoms with E-state index < -0.39 is 10.1 Å². The van der Waals surface area contributed by atoms with Gasteiger partial charge in [0, 0.05) is 34.3 Å². The average Bonchev–Trinajstić information content (AvgIpc) is 3.47. The summed E-state index contributed by atoms with van der Waals surface area (Å²) < 4.78 is 29.6. The van der Waals surface area contributed by atoms with Gasteiger partial charge in [0.15, 0.2) is 0 Å². The fourth-order valence-corrected chi connectivity index (χ4v) is 9.61. The second-order valence-corrected chi connectivity index (χ2v) is 17.6. The third-order valence-electron chi connectivity index (χ3n) is 11.6. The highest BCUT2D eigenvalue weighted by Crippen LogP contribution is 2.51. The van der Waals surface area contributed by atoms with Gasteiger partial charge in [0.05, 0.1) is 4.90 Å². The first-order valence-corrected chi connectivity index (χ1v) is 20.4. The number of nitrogens with zero attached hydrogens (tertiary/aromatic N) is 1. The van der Waals surface area contributed by atoms with E-state index in [1.54, 1.807) is 12.1 Å². The summed E-state index contributed by atoms with van der Waals surface area (Å²) in [6.45, 7) is 13.5. The summed E-state index contributed by atoms with van der Waals surface area (Å²) in [6, 6.07) is 32.6. The monoisotopic (exact) mass is 753 g/mol. The molecule has 276 valence electrons. The van der Waals surface area contributed by atoms with Crippen LogP contribution in [0.1, 0.15) is 76.1 Å².